The van der Waals surface area contributed by atoms with Crippen molar-refractivity contribution in [2.75, 3.05) is 0 Å². The van der Waals surface area contributed by atoms with E-state index in [1.54, 1.807) is 0 Å². The van der Waals surface area contributed by atoms with Crippen LogP contribution in [0.15, 0.2) is 48.5 Å². The Morgan fingerprint density at radius 1 is 0.900 bits per heavy atom. The third kappa shape index (κ3) is 1.33. The average Bonchev–Trinajstić information content (AvgIpc) is 2.91. The third-order valence-corrected chi connectivity index (χ3v) is 4.98. The Hall–Kier alpha value is -2.02. The summed E-state index contributed by atoms with van der Waals surface area (Å²) in [5.74, 6) is 0.609. The standard InChI is InChI=1S/C19H19N/c1-12-13(2)20-14(3)18(15-8-5-4-6-9-15)17-11-7-10-16(12)19(17)20/h4-13H,1-3H3/t12-,13+/m1/s1. The molecule has 0 fully saturated rings. The Morgan fingerprint density at radius 2 is 1.65 bits per heavy atom. The minimum atomic E-state index is 0.548. The fourth-order valence-corrected chi connectivity index (χ4v) is 3.84. The lowest BCUT2D eigenvalue weighted by Gasteiger charge is -2.16. The zero-order valence-electron chi connectivity index (χ0n) is 12.2. The maximum atomic E-state index is 2.54. The van der Waals surface area contributed by atoms with Crippen LogP contribution in [0.3, 0.4) is 0 Å². The molecule has 1 heteroatoms. The predicted molar refractivity (Wildman–Crippen MR) is 85.2 cm³/mol. The first-order chi connectivity index (χ1) is 9.70. The summed E-state index contributed by atoms with van der Waals surface area (Å²) in [6, 6.07) is 18.1. The van der Waals surface area contributed by atoms with Gasteiger partial charge in [0, 0.05) is 28.6 Å². The quantitative estimate of drug-likeness (QED) is 0.560. The second-order valence-electron chi connectivity index (χ2n) is 5.97. The van der Waals surface area contributed by atoms with Gasteiger partial charge < -0.3 is 4.57 Å². The molecule has 20 heavy (non-hydrogen) atoms. The van der Waals surface area contributed by atoms with Crippen molar-refractivity contribution < 1.29 is 0 Å². The van der Waals surface area contributed by atoms with Crippen molar-refractivity contribution in [1.29, 1.82) is 0 Å². The van der Waals surface area contributed by atoms with E-state index < -0.39 is 0 Å². The molecule has 1 aliphatic rings. The van der Waals surface area contributed by atoms with E-state index in [4.69, 9.17) is 0 Å². The van der Waals surface area contributed by atoms with Crippen LogP contribution in [0.5, 0.6) is 0 Å². The van der Waals surface area contributed by atoms with Gasteiger partial charge in [-0.15, -0.1) is 0 Å². The Bertz CT molecular complexity index is 795. The van der Waals surface area contributed by atoms with Crippen molar-refractivity contribution in [2.24, 2.45) is 0 Å². The summed E-state index contributed by atoms with van der Waals surface area (Å²) >= 11 is 0. The van der Waals surface area contributed by atoms with Crippen molar-refractivity contribution in [2.45, 2.75) is 32.7 Å². The van der Waals surface area contributed by atoms with Crippen LogP contribution < -0.4 is 0 Å². The van der Waals surface area contributed by atoms with Crippen LogP contribution in [0.1, 0.15) is 37.1 Å². The van der Waals surface area contributed by atoms with E-state index in [2.05, 4.69) is 73.9 Å². The molecule has 2 aromatic carbocycles. The number of rotatable bonds is 1. The van der Waals surface area contributed by atoms with Gasteiger partial charge in [-0.3, -0.25) is 0 Å². The van der Waals surface area contributed by atoms with Crippen molar-refractivity contribution in [3.05, 3.63) is 59.8 Å². The highest BCUT2D eigenvalue weighted by molar-refractivity contribution is 6.00. The van der Waals surface area contributed by atoms with Crippen molar-refractivity contribution in [1.82, 2.24) is 4.57 Å². The van der Waals surface area contributed by atoms with Gasteiger partial charge in [0.1, 0.15) is 0 Å². The zero-order valence-corrected chi connectivity index (χ0v) is 12.2. The van der Waals surface area contributed by atoms with Gasteiger partial charge in [-0.1, -0.05) is 55.5 Å². The molecule has 0 spiro atoms. The molecule has 0 saturated heterocycles. The van der Waals surface area contributed by atoms with Crippen LogP contribution in [0, 0.1) is 6.92 Å². The number of hydrogen-bond donors (Lipinski definition) is 0. The van der Waals surface area contributed by atoms with E-state index in [0.717, 1.165) is 0 Å². The van der Waals surface area contributed by atoms with Gasteiger partial charge in [-0.05, 0) is 25.0 Å². The maximum absolute atomic E-state index is 2.54. The first kappa shape index (κ1) is 11.8. The first-order valence-electron chi connectivity index (χ1n) is 7.39. The fourth-order valence-electron chi connectivity index (χ4n) is 3.84. The van der Waals surface area contributed by atoms with Crippen molar-refractivity contribution >= 4 is 10.9 Å². The molecule has 0 unspecified atom stereocenters. The SMILES string of the molecule is Cc1c(-c2ccccc2)c2cccc3c2n1[C@@H](C)[C@H]3C. The number of benzene rings is 2. The summed E-state index contributed by atoms with van der Waals surface area (Å²) in [6.07, 6.45) is 0. The lowest BCUT2D eigenvalue weighted by molar-refractivity contribution is 0.507. The lowest BCUT2D eigenvalue weighted by Crippen LogP contribution is -2.06. The molecule has 0 aliphatic carbocycles. The van der Waals surface area contributed by atoms with E-state index in [1.807, 2.05) is 0 Å². The number of aromatic nitrogens is 1. The van der Waals surface area contributed by atoms with E-state index >= 15 is 0 Å². The molecule has 2 atom stereocenters. The molecule has 3 aromatic rings. The molecule has 100 valence electrons. The van der Waals surface area contributed by atoms with Crippen LogP contribution in [-0.2, 0) is 0 Å². The largest absolute Gasteiger partial charge is 0.341 e. The van der Waals surface area contributed by atoms with E-state index in [-0.39, 0.29) is 0 Å². The highest BCUT2D eigenvalue weighted by Crippen LogP contribution is 2.47. The molecule has 0 bridgehead atoms. The van der Waals surface area contributed by atoms with E-state index in [9.17, 15) is 0 Å². The summed E-state index contributed by atoms with van der Waals surface area (Å²) in [5.41, 5.74) is 7.08. The van der Waals surface area contributed by atoms with E-state index in [1.165, 1.54) is 33.3 Å². The number of para-hydroxylation sites is 1. The summed E-state index contributed by atoms with van der Waals surface area (Å²) < 4.78 is 2.54. The normalized spacial score (nSPS) is 20.8. The molecule has 0 radical (unpaired) electrons. The summed E-state index contributed by atoms with van der Waals surface area (Å²) in [4.78, 5) is 0. The van der Waals surface area contributed by atoms with Gasteiger partial charge in [0.15, 0.2) is 0 Å². The predicted octanol–water partition coefficient (Wildman–Crippen LogP) is 5.29. The van der Waals surface area contributed by atoms with Crippen LogP contribution in [-0.4, -0.2) is 4.57 Å². The van der Waals surface area contributed by atoms with E-state index in [0.29, 0.717) is 12.0 Å². The highest BCUT2D eigenvalue weighted by atomic mass is 15.1. The number of hydrogen-bond acceptors (Lipinski definition) is 0. The Balaban J connectivity index is 2.14. The average molecular weight is 261 g/mol. The topological polar surface area (TPSA) is 4.93 Å². The Morgan fingerprint density at radius 3 is 2.40 bits per heavy atom. The molecular weight excluding hydrogens is 242 g/mol. The summed E-state index contributed by atoms with van der Waals surface area (Å²) in [6.45, 7) is 6.95. The van der Waals surface area contributed by atoms with Gasteiger partial charge in [0.25, 0.3) is 0 Å². The van der Waals surface area contributed by atoms with Gasteiger partial charge in [0.2, 0.25) is 0 Å². The molecule has 4 rings (SSSR count). The minimum Gasteiger partial charge on any atom is -0.341 e. The second kappa shape index (κ2) is 3.99. The summed E-state index contributed by atoms with van der Waals surface area (Å²) in [5, 5.41) is 1.41. The molecule has 1 nitrogen and oxygen atoms in total. The van der Waals surface area contributed by atoms with Gasteiger partial charge in [-0.25, -0.2) is 0 Å². The monoisotopic (exact) mass is 261 g/mol. The smallest absolute Gasteiger partial charge is 0.0527 e. The van der Waals surface area contributed by atoms with Crippen LogP contribution in [0.4, 0.5) is 0 Å². The second-order valence-corrected chi connectivity index (χ2v) is 5.97. The summed E-state index contributed by atoms with van der Waals surface area (Å²) in [7, 11) is 0. The van der Waals surface area contributed by atoms with Crippen LogP contribution in [0.2, 0.25) is 0 Å². The van der Waals surface area contributed by atoms with Crippen molar-refractivity contribution in [3.8, 4) is 11.1 Å². The molecule has 1 aliphatic heterocycles. The molecule has 0 N–H and O–H groups in total. The third-order valence-electron chi connectivity index (χ3n) is 4.98. The molecule has 0 amide bonds. The van der Waals surface area contributed by atoms with Gasteiger partial charge in [0.05, 0.1) is 5.52 Å². The zero-order chi connectivity index (χ0) is 13.9. The minimum absolute atomic E-state index is 0.548. The highest BCUT2D eigenvalue weighted by Gasteiger charge is 2.31. The van der Waals surface area contributed by atoms with Crippen molar-refractivity contribution in [3.63, 3.8) is 0 Å². The lowest BCUT2D eigenvalue weighted by atomic mass is 9.94. The molecule has 0 saturated carbocycles. The molecule has 2 heterocycles. The van der Waals surface area contributed by atoms with Crippen LogP contribution >= 0.6 is 0 Å². The first-order valence-corrected chi connectivity index (χ1v) is 7.39. The Labute approximate surface area is 119 Å². The van der Waals surface area contributed by atoms with Crippen LogP contribution in [0.25, 0.3) is 22.0 Å². The fraction of sp³-hybridized carbons (Fsp3) is 0.263. The maximum Gasteiger partial charge on any atom is 0.0527 e. The van der Waals surface area contributed by atoms with Gasteiger partial charge in [-0.2, -0.15) is 0 Å². The molecular formula is C19H19N. The Kier molecular flexibility index (Phi) is 2.35. The molecule has 1 aromatic heterocycles. The van der Waals surface area contributed by atoms with Gasteiger partial charge >= 0.3 is 0 Å². The number of nitrogens with zero attached hydrogens (tertiary/aromatic N) is 1.